The molecule has 0 saturated carbocycles. The van der Waals surface area contributed by atoms with E-state index in [1.807, 2.05) is 70.2 Å². The molecule has 1 aromatic carbocycles. The van der Waals surface area contributed by atoms with Crippen molar-refractivity contribution in [2.75, 3.05) is 14.2 Å². The van der Waals surface area contributed by atoms with Gasteiger partial charge >= 0.3 is 5.97 Å². The van der Waals surface area contributed by atoms with Gasteiger partial charge in [-0.3, -0.25) is 4.79 Å². The Hall–Kier alpha value is -2.28. The lowest BCUT2D eigenvalue weighted by Gasteiger charge is -2.48. The van der Waals surface area contributed by atoms with Gasteiger partial charge < -0.3 is 18.9 Å². The van der Waals surface area contributed by atoms with Crippen LogP contribution in [-0.4, -0.2) is 44.0 Å². The summed E-state index contributed by atoms with van der Waals surface area (Å²) in [5.41, 5.74) is 0.710. The number of hydrogen-bond donors (Lipinski definition) is 0. The van der Waals surface area contributed by atoms with Crippen LogP contribution in [0, 0.1) is 11.3 Å². The molecule has 1 heterocycles. The molecule has 34 heavy (non-hydrogen) atoms. The van der Waals surface area contributed by atoms with E-state index >= 15 is 0 Å². The molecule has 0 bridgehead atoms. The molecule has 0 amide bonds. The van der Waals surface area contributed by atoms with E-state index in [0.717, 1.165) is 12.0 Å². The molecular weight excluding hydrogens is 432 g/mol. The van der Waals surface area contributed by atoms with E-state index in [1.54, 1.807) is 0 Å². The first-order valence-electron chi connectivity index (χ1n) is 12.0. The summed E-state index contributed by atoms with van der Waals surface area (Å²) >= 11 is 0. The minimum absolute atomic E-state index is 0.0283. The van der Waals surface area contributed by atoms with E-state index in [-0.39, 0.29) is 23.9 Å². The highest BCUT2D eigenvalue weighted by molar-refractivity contribution is 6.06. The Morgan fingerprint density at radius 1 is 1.24 bits per heavy atom. The Morgan fingerprint density at radius 3 is 2.50 bits per heavy atom. The van der Waals surface area contributed by atoms with Gasteiger partial charge in [-0.1, -0.05) is 70.2 Å². The number of Topliss-reactive ketones (excluding diaryl/α,β-unsaturated/α-hetero) is 1. The summed E-state index contributed by atoms with van der Waals surface area (Å²) < 4.78 is 23.2. The standard InChI is InChI=1S/C28H40O6/c1-8-9-15-27(4,5)28(32-7)26(30)23(18-25(29)31-6)17-24(34-28)16-20(2)21(3)33-19-22-13-11-10-12-14-22/h9-15,18,20-21,24H,8,16-17,19H2,1-7H3/b15-9+,23-18+/t20-,21?,24-,28-/m1/s1. The average Bonchev–Trinajstić information content (AvgIpc) is 2.83. The maximum atomic E-state index is 13.6. The summed E-state index contributed by atoms with van der Waals surface area (Å²) in [5, 5.41) is 0. The summed E-state index contributed by atoms with van der Waals surface area (Å²) in [6.45, 7) is 10.5. The largest absolute Gasteiger partial charge is 0.466 e. The zero-order valence-electron chi connectivity index (χ0n) is 21.6. The predicted molar refractivity (Wildman–Crippen MR) is 132 cm³/mol. The van der Waals surface area contributed by atoms with Gasteiger partial charge in [0.05, 0.1) is 25.9 Å². The van der Waals surface area contributed by atoms with Gasteiger partial charge in [0, 0.05) is 30.6 Å². The highest BCUT2D eigenvalue weighted by Gasteiger charge is 2.56. The Kier molecular flexibility index (Phi) is 10.2. The van der Waals surface area contributed by atoms with Crippen molar-refractivity contribution >= 4 is 11.8 Å². The minimum Gasteiger partial charge on any atom is -0.466 e. The molecule has 1 aliphatic rings. The summed E-state index contributed by atoms with van der Waals surface area (Å²) in [6.07, 6.45) is 6.61. The van der Waals surface area contributed by atoms with Gasteiger partial charge in [-0.05, 0) is 31.2 Å². The third-order valence-electron chi connectivity index (χ3n) is 6.56. The zero-order valence-corrected chi connectivity index (χ0v) is 21.6. The molecule has 1 fully saturated rings. The smallest absolute Gasteiger partial charge is 0.330 e. The number of ketones is 1. The third kappa shape index (κ3) is 6.65. The number of methoxy groups -OCH3 is 2. The number of carbonyl (C=O) groups is 2. The first kappa shape index (κ1) is 28.0. The van der Waals surface area contributed by atoms with E-state index in [1.165, 1.54) is 20.3 Å². The summed E-state index contributed by atoms with van der Waals surface area (Å²) in [7, 11) is 2.78. The SMILES string of the molecule is CC/C=C/C(C)(C)[C@]1(OC)O[C@H](C[C@@H](C)C(C)OCc2ccccc2)C/C(=C\C(=O)OC)C1=O. The number of allylic oxidation sites excluding steroid dienone is 1. The fourth-order valence-electron chi connectivity index (χ4n) is 4.28. The van der Waals surface area contributed by atoms with Gasteiger partial charge in [-0.25, -0.2) is 4.79 Å². The van der Waals surface area contributed by atoms with Crippen LogP contribution in [0.4, 0.5) is 0 Å². The highest BCUT2D eigenvalue weighted by Crippen LogP contribution is 2.45. The fraction of sp³-hybridized carbons (Fsp3) is 0.571. The Balaban J connectivity index is 2.26. The van der Waals surface area contributed by atoms with E-state index < -0.39 is 17.2 Å². The molecule has 1 unspecified atom stereocenters. The Morgan fingerprint density at radius 2 is 1.91 bits per heavy atom. The molecule has 2 rings (SSSR count). The second-order valence-electron chi connectivity index (χ2n) is 9.53. The predicted octanol–water partition coefficient (Wildman–Crippen LogP) is 5.41. The monoisotopic (exact) mass is 472 g/mol. The lowest BCUT2D eigenvalue weighted by Crippen LogP contribution is -2.59. The maximum absolute atomic E-state index is 13.6. The molecule has 0 radical (unpaired) electrons. The molecule has 0 spiro atoms. The highest BCUT2D eigenvalue weighted by atomic mass is 16.7. The van der Waals surface area contributed by atoms with Crippen LogP contribution >= 0.6 is 0 Å². The lowest BCUT2D eigenvalue weighted by molar-refractivity contribution is -0.278. The molecular formula is C28H40O6. The van der Waals surface area contributed by atoms with Crippen LogP contribution in [0.25, 0.3) is 0 Å². The van der Waals surface area contributed by atoms with E-state index in [4.69, 9.17) is 18.9 Å². The van der Waals surface area contributed by atoms with Gasteiger partial charge in [0.2, 0.25) is 11.6 Å². The number of rotatable bonds is 11. The van der Waals surface area contributed by atoms with Crippen molar-refractivity contribution in [3.8, 4) is 0 Å². The van der Waals surface area contributed by atoms with Crippen LogP contribution in [0.5, 0.6) is 0 Å². The van der Waals surface area contributed by atoms with Crippen LogP contribution in [0.2, 0.25) is 0 Å². The van der Waals surface area contributed by atoms with Crippen LogP contribution in [0.15, 0.2) is 54.1 Å². The number of esters is 1. The molecule has 0 aromatic heterocycles. The topological polar surface area (TPSA) is 71.1 Å². The first-order chi connectivity index (χ1) is 16.1. The van der Waals surface area contributed by atoms with Crippen LogP contribution in [-0.2, 0) is 35.1 Å². The maximum Gasteiger partial charge on any atom is 0.330 e. The molecule has 6 heteroatoms. The van der Waals surface area contributed by atoms with Crippen molar-refractivity contribution in [3.05, 3.63) is 59.7 Å². The van der Waals surface area contributed by atoms with Gasteiger partial charge in [0.1, 0.15) is 0 Å². The van der Waals surface area contributed by atoms with Crippen molar-refractivity contribution in [1.29, 1.82) is 0 Å². The molecule has 1 aliphatic heterocycles. The number of hydrogen-bond acceptors (Lipinski definition) is 6. The second kappa shape index (κ2) is 12.4. The summed E-state index contributed by atoms with van der Waals surface area (Å²) in [5.74, 6) is -2.31. The van der Waals surface area contributed by atoms with Gasteiger partial charge in [0.15, 0.2) is 0 Å². The van der Waals surface area contributed by atoms with Crippen LogP contribution in [0.3, 0.4) is 0 Å². The third-order valence-corrected chi connectivity index (χ3v) is 6.56. The molecule has 1 saturated heterocycles. The van der Waals surface area contributed by atoms with Crippen molar-refractivity contribution in [2.45, 2.75) is 78.5 Å². The minimum atomic E-state index is -1.55. The Labute approximate surface area is 204 Å². The quantitative estimate of drug-likeness (QED) is 0.244. The van der Waals surface area contributed by atoms with Crippen LogP contribution < -0.4 is 0 Å². The van der Waals surface area contributed by atoms with Crippen molar-refractivity contribution in [2.24, 2.45) is 11.3 Å². The molecule has 6 nitrogen and oxygen atoms in total. The van der Waals surface area contributed by atoms with Crippen molar-refractivity contribution in [3.63, 3.8) is 0 Å². The molecule has 4 atom stereocenters. The lowest BCUT2D eigenvalue weighted by atomic mass is 9.74. The normalized spacial score (nSPS) is 24.4. The molecule has 1 aromatic rings. The number of ether oxygens (including phenoxy) is 4. The summed E-state index contributed by atoms with van der Waals surface area (Å²) in [6, 6.07) is 10.0. The average molecular weight is 473 g/mol. The van der Waals surface area contributed by atoms with E-state index in [0.29, 0.717) is 25.0 Å². The van der Waals surface area contributed by atoms with Gasteiger partial charge in [0.25, 0.3) is 0 Å². The second-order valence-corrected chi connectivity index (χ2v) is 9.53. The molecule has 188 valence electrons. The fourth-order valence-corrected chi connectivity index (χ4v) is 4.28. The van der Waals surface area contributed by atoms with Gasteiger partial charge in [-0.2, -0.15) is 0 Å². The van der Waals surface area contributed by atoms with E-state index in [2.05, 4.69) is 6.92 Å². The van der Waals surface area contributed by atoms with Gasteiger partial charge in [-0.15, -0.1) is 0 Å². The zero-order chi connectivity index (χ0) is 25.4. The summed E-state index contributed by atoms with van der Waals surface area (Å²) in [4.78, 5) is 25.6. The number of benzene rings is 1. The first-order valence-corrected chi connectivity index (χ1v) is 12.0. The van der Waals surface area contributed by atoms with Crippen molar-refractivity contribution < 1.29 is 28.5 Å². The molecule has 0 N–H and O–H groups in total. The Bertz CT molecular complexity index is 872. The van der Waals surface area contributed by atoms with Crippen LogP contribution in [0.1, 0.15) is 59.4 Å². The van der Waals surface area contributed by atoms with E-state index in [9.17, 15) is 9.59 Å². The number of carbonyl (C=O) groups excluding carboxylic acids is 2. The molecule has 0 aliphatic carbocycles. The van der Waals surface area contributed by atoms with Crippen molar-refractivity contribution in [1.82, 2.24) is 0 Å².